The number of ether oxygens (including phenoxy) is 1. The third-order valence-electron chi connectivity index (χ3n) is 4.87. The largest absolute Gasteiger partial charge is 0.449 e. The molecular formula is C20H15NO2. The Balaban J connectivity index is 1.86. The summed E-state index contributed by atoms with van der Waals surface area (Å²) in [7, 11) is 0. The normalized spacial score (nSPS) is 18.4. The lowest BCUT2D eigenvalue weighted by atomic mass is 9.89. The Morgan fingerprint density at radius 2 is 1.57 bits per heavy atom. The summed E-state index contributed by atoms with van der Waals surface area (Å²) in [6.45, 7) is 0.471. The molecule has 1 amide bonds. The van der Waals surface area contributed by atoms with E-state index in [0.29, 0.717) is 6.61 Å². The average Bonchev–Trinajstić information content (AvgIpc) is 2.59. The lowest BCUT2D eigenvalue weighted by molar-refractivity contribution is 0.116. The predicted octanol–water partition coefficient (Wildman–Crippen LogP) is 4.76. The number of carbonyl (C=O) groups is 1. The number of alkyl carbamates (subject to hydrolysis) is 1. The van der Waals surface area contributed by atoms with E-state index in [1.54, 1.807) is 0 Å². The predicted molar refractivity (Wildman–Crippen MR) is 92.0 cm³/mol. The molecule has 3 heteroatoms. The van der Waals surface area contributed by atoms with E-state index in [-0.39, 0.29) is 12.1 Å². The van der Waals surface area contributed by atoms with Crippen LogP contribution in [0.15, 0.2) is 54.6 Å². The van der Waals surface area contributed by atoms with E-state index in [1.165, 1.54) is 37.9 Å². The van der Waals surface area contributed by atoms with Gasteiger partial charge in [-0.15, -0.1) is 0 Å². The maximum atomic E-state index is 11.6. The molecule has 1 N–H and O–H groups in total. The summed E-state index contributed by atoms with van der Waals surface area (Å²) in [6.07, 6.45) is 0.474. The number of carbonyl (C=O) groups excluding carboxylic acids is 1. The smallest absolute Gasteiger partial charge is 0.407 e. The standard InChI is InChI=1S/C20H15NO2/c22-20-21-17(10-11-23-20)15-8-6-14-5-4-12-2-1-3-13-7-9-16(15)19(14)18(12)13/h1-9,17H,10-11H2,(H,21,22)/t17-/m1/s1. The highest BCUT2D eigenvalue weighted by Gasteiger charge is 2.23. The van der Waals surface area contributed by atoms with Crippen molar-refractivity contribution < 1.29 is 9.53 Å². The summed E-state index contributed by atoms with van der Waals surface area (Å²) in [5, 5.41) is 10.5. The summed E-state index contributed by atoms with van der Waals surface area (Å²) >= 11 is 0. The van der Waals surface area contributed by atoms with Crippen molar-refractivity contribution in [2.45, 2.75) is 12.5 Å². The van der Waals surface area contributed by atoms with Gasteiger partial charge in [0.2, 0.25) is 0 Å². The van der Waals surface area contributed by atoms with Crippen LogP contribution in [0.1, 0.15) is 18.0 Å². The van der Waals surface area contributed by atoms with Gasteiger partial charge in [-0.1, -0.05) is 54.6 Å². The lowest BCUT2D eigenvalue weighted by Gasteiger charge is -2.25. The topological polar surface area (TPSA) is 38.3 Å². The molecule has 1 fully saturated rings. The van der Waals surface area contributed by atoms with E-state index in [4.69, 9.17) is 4.74 Å². The lowest BCUT2D eigenvalue weighted by Crippen LogP contribution is -2.35. The molecule has 1 aliphatic rings. The number of hydrogen-bond donors (Lipinski definition) is 1. The molecule has 0 bridgehead atoms. The summed E-state index contributed by atoms with van der Waals surface area (Å²) in [5.41, 5.74) is 1.17. The van der Waals surface area contributed by atoms with Gasteiger partial charge in [-0.05, 0) is 37.9 Å². The van der Waals surface area contributed by atoms with Gasteiger partial charge in [-0.2, -0.15) is 0 Å². The molecule has 112 valence electrons. The van der Waals surface area contributed by atoms with Crippen molar-refractivity contribution >= 4 is 38.4 Å². The van der Waals surface area contributed by atoms with Gasteiger partial charge in [-0.25, -0.2) is 4.79 Å². The minimum absolute atomic E-state index is 0.0146. The summed E-state index contributed by atoms with van der Waals surface area (Å²) < 4.78 is 5.00. The van der Waals surface area contributed by atoms with Gasteiger partial charge < -0.3 is 10.1 Å². The van der Waals surface area contributed by atoms with Gasteiger partial charge in [0.05, 0.1) is 12.6 Å². The highest BCUT2D eigenvalue weighted by atomic mass is 16.5. The van der Waals surface area contributed by atoms with Gasteiger partial charge >= 0.3 is 6.09 Å². The molecule has 1 aliphatic heterocycles. The number of amides is 1. The second-order valence-electron chi connectivity index (χ2n) is 6.13. The van der Waals surface area contributed by atoms with Crippen LogP contribution in [0.5, 0.6) is 0 Å². The Labute approximate surface area is 133 Å². The molecule has 0 aromatic heterocycles. The quantitative estimate of drug-likeness (QED) is 0.515. The van der Waals surface area contributed by atoms with Crippen LogP contribution in [-0.2, 0) is 4.74 Å². The molecule has 23 heavy (non-hydrogen) atoms. The minimum Gasteiger partial charge on any atom is -0.449 e. The molecule has 0 spiro atoms. The summed E-state index contributed by atoms with van der Waals surface area (Å²) in [4.78, 5) is 11.6. The third kappa shape index (κ3) is 1.80. The zero-order chi connectivity index (χ0) is 15.4. The average molecular weight is 301 g/mol. The van der Waals surface area contributed by atoms with Crippen LogP contribution in [-0.4, -0.2) is 12.7 Å². The number of cyclic esters (lactones) is 1. The highest BCUT2D eigenvalue weighted by molar-refractivity contribution is 6.23. The molecular weight excluding hydrogens is 286 g/mol. The molecule has 1 heterocycles. The van der Waals surface area contributed by atoms with E-state index >= 15 is 0 Å². The summed E-state index contributed by atoms with van der Waals surface area (Å²) in [6, 6.07) is 19.4. The fourth-order valence-corrected chi connectivity index (χ4v) is 3.82. The second kappa shape index (κ2) is 4.59. The fraction of sp³-hybridized carbons (Fsp3) is 0.150. The zero-order valence-corrected chi connectivity index (χ0v) is 12.5. The fourth-order valence-electron chi connectivity index (χ4n) is 3.82. The molecule has 5 rings (SSSR count). The van der Waals surface area contributed by atoms with Crippen molar-refractivity contribution in [3.63, 3.8) is 0 Å². The van der Waals surface area contributed by atoms with Gasteiger partial charge in [0.15, 0.2) is 0 Å². The number of hydrogen-bond acceptors (Lipinski definition) is 2. The SMILES string of the molecule is O=C1N[C@@H](c2ccc3ccc4cccc5ccc2c3c45)CCO1. The first-order valence-corrected chi connectivity index (χ1v) is 7.91. The van der Waals surface area contributed by atoms with Crippen molar-refractivity contribution in [3.05, 3.63) is 60.2 Å². The van der Waals surface area contributed by atoms with E-state index in [2.05, 4.69) is 59.9 Å². The Morgan fingerprint density at radius 1 is 0.870 bits per heavy atom. The van der Waals surface area contributed by atoms with E-state index in [9.17, 15) is 4.79 Å². The van der Waals surface area contributed by atoms with Crippen molar-refractivity contribution in [2.75, 3.05) is 6.61 Å². The minimum atomic E-state index is -0.327. The molecule has 1 atom stereocenters. The first-order valence-electron chi connectivity index (χ1n) is 7.91. The number of rotatable bonds is 1. The van der Waals surface area contributed by atoms with Crippen molar-refractivity contribution in [1.82, 2.24) is 5.32 Å². The Hall–Kier alpha value is -2.81. The number of benzene rings is 4. The van der Waals surface area contributed by atoms with Crippen molar-refractivity contribution in [1.29, 1.82) is 0 Å². The van der Waals surface area contributed by atoms with Gasteiger partial charge in [0.1, 0.15) is 0 Å². The van der Waals surface area contributed by atoms with Gasteiger partial charge in [0, 0.05) is 6.42 Å². The highest BCUT2D eigenvalue weighted by Crippen LogP contribution is 2.38. The Kier molecular flexibility index (Phi) is 2.54. The van der Waals surface area contributed by atoms with Crippen molar-refractivity contribution in [2.24, 2.45) is 0 Å². The van der Waals surface area contributed by atoms with Crippen LogP contribution in [0.2, 0.25) is 0 Å². The van der Waals surface area contributed by atoms with Gasteiger partial charge in [-0.3, -0.25) is 0 Å². The second-order valence-corrected chi connectivity index (χ2v) is 6.13. The van der Waals surface area contributed by atoms with Crippen LogP contribution >= 0.6 is 0 Å². The van der Waals surface area contributed by atoms with E-state index in [1.807, 2.05) is 0 Å². The number of nitrogens with one attached hydrogen (secondary N) is 1. The first-order chi connectivity index (χ1) is 11.3. The maximum Gasteiger partial charge on any atom is 0.407 e. The van der Waals surface area contributed by atoms with Crippen LogP contribution in [0.3, 0.4) is 0 Å². The molecule has 0 unspecified atom stereocenters. The monoisotopic (exact) mass is 301 g/mol. The van der Waals surface area contributed by atoms with Gasteiger partial charge in [0.25, 0.3) is 0 Å². The third-order valence-corrected chi connectivity index (χ3v) is 4.87. The van der Waals surface area contributed by atoms with E-state index in [0.717, 1.165) is 6.42 Å². The van der Waals surface area contributed by atoms with Crippen LogP contribution in [0, 0.1) is 0 Å². The van der Waals surface area contributed by atoms with Crippen LogP contribution in [0.25, 0.3) is 32.3 Å². The van der Waals surface area contributed by atoms with Crippen LogP contribution < -0.4 is 5.32 Å². The van der Waals surface area contributed by atoms with Crippen LogP contribution in [0.4, 0.5) is 4.79 Å². The Bertz CT molecular complexity index is 1040. The molecule has 0 aliphatic carbocycles. The van der Waals surface area contributed by atoms with E-state index < -0.39 is 0 Å². The summed E-state index contributed by atoms with van der Waals surface area (Å²) in [5.74, 6) is 0. The molecule has 0 saturated carbocycles. The molecule has 1 saturated heterocycles. The first kappa shape index (κ1) is 12.7. The molecule has 0 radical (unpaired) electrons. The molecule has 3 nitrogen and oxygen atoms in total. The molecule has 4 aromatic rings. The van der Waals surface area contributed by atoms with Crippen molar-refractivity contribution in [3.8, 4) is 0 Å². The Morgan fingerprint density at radius 3 is 2.35 bits per heavy atom. The maximum absolute atomic E-state index is 11.6. The zero-order valence-electron chi connectivity index (χ0n) is 12.5. The molecule has 4 aromatic carbocycles.